The average molecular weight is 194 g/mol. The van der Waals surface area contributed by atoms with Crippen molar-refractivity contribution in [1.29, 1.82) is 0 Å². The van der Waals surface area contributed by atoms with E-state index in [1.54, 1.807) is 0 Å². The molecule has 0 fully saturated rings. The number of hydrogen-bond donors (Lipinski definition) is 2. The molecule has 14 heavy (non-hydrogen) atoms. The molecule has 0 heterocycles. The SMILES string of the molecule is C=CC(=O)c1cc(O)c(O)c(OC)c1. The van der Waals surface area contributed by atoms with Gasteiger partial charge in [0.05, 0.1) is 7.11 Å². The Morgan fingerprint density at radius 2 is 2.14 bits per heavy atom. The Hall–Kier alpha value is -1.97. The molecule has 1 aromatic carbocycles. The molecule has 0 spiro atoms. The van der Waals surface area contributed by atoms with Gasteiger partial charge >= 0.3 is 0 Å². The largest absolute Gasteiger partial charge is 0.504 e. The zero-order chi connectivity index (χ0) is 10.7. The van der Waals surface area contributed by atoms with Crippen molar-refractivity contribution in [3.63, 3.8) is 0 Å². The summed E-state index contributed by atoms with van der Waals surface area (Å²) in [4.78, 5) is 11.2. The third kappa shape index (κ3) is 1.69. The van der Waals surface area contributed by atoms with Crippen LogP contribution in [-0.4, -0.2) is 23.1 Å². The van der Waals surface area contributed by atoms with E-state index in [1.807, 2.05) is 0 Å². The van der Waals surface area contributed by atoms with E-state index >= 15 is 0 Å². The van der Waals surface area contributed by atoms with Gasteiger partial charge in [0.25, 0.3) is 0 Å². The van der Waals surface area contributed by atoms with Crippen LogP contribution in [0.1, 0.15) is 10.4 Å². The van der Waals surface area contributed by atoms with E-state index < -0.39 is 5.75 Å². The fourth-order valence-electron chi connectivity index (χ4n) is 1.01. The van der Waals surface area contributed by atoms with Crippen molar-refractivity contribution in [3.05, 3.63) is 30.4 Å². The standard InChI is InChI=1S/C10H10O4/c1-3-7(11)6-4-8(12)10(13)9(5-6)14-2/h3-5,12-13H,1H2,2H3. The van der Waals surface area contributed by atoms with Gasteiger partial charge in [0.1, 0.15) is 0 Å². The Morgan fingerprint density at radius 3 is 2.64 bits per heavy atom. The Morgan fingerprint density at radius 1 is 1.50 bits per heavy atom. The molecule has 0 bridgehead atoms. The summed E-state index contributed by atoms with van der Waals surface area (Å²) in [5, 5.41) is 18.5. The van der Waals surface area contributed by atoms with Crippen molar-refractivity contribution in [1.82, 2.24) is 0 Å². The second-order valence-electron chi connectivity index (χ2n) is 2.61. The number of ketones is 1. The van der Waals surface area contributed by atoms with Crippen molar-refractivity contribution in [2.24, 2.45) is 0 Å². The molecule has 4 nitrogen and oxygen atoms in total. The predicted octanol–water partition coefficient (Wildman–Crippen LogP) is 1.48. The summed E-state index contributed by atoms with van der Waals surface area (Å²) in [6.07, 6.45) is 1.12. The third-order valence-corrected chi connectivity index (χ3v) is 1.74. The summed E-state index contributed by atoms with van der Waals surface area (Å²) in [6.45, 7) is 3.31. The van der Waals surface area contributed by atoms with Crippen molar-refractivity contribution < 1.29 is 19.7 Å². The minimum absolute atomic E-state index is 0.0511. The van der Waals surface area contributed by atoms with E-state index in [9.17, 15) is 15.0 Å². The molecule has 0 aliphatic rings. The molecular formula is C10H10O4. The Kier molecular flexibility index (Phi) is 2.76. The van der Waals surface area contributed by atoms with E-state index in [-0.39, 0.29) is 22.8 Å². The van der Waals surface area contributed by atoms with Gasteiger partial charge in [-0.25, -0.2) is 0 Å². The lowest BCUT2D eigenvalue weighted by Crippen LogP contribution is -1.95. The zero-order valence-corrected chi connectivity index (χ0v) is 7.65. The normalized spacial score (nSPS) is 9.50. The van der Waals surface area contributed by atoms with Crippen molar-refractivity contribution >= 4 is 5.78 Å². The van der Waals surface area contributed by atoms with E-state index in [4.69, 9.17) is 4.74 Å². The highest BCUT2D eigenvalue weighted by Gasteiger charge is 2.12. The van der Waals surface area contributed by atoms with Crippen molar-refractivity contribution in [2.45, 2.75) is 0 Å². The number of carbonyl (C=O) groups excluding carboxylic acids is 1. The van der Waals surface area contributed by atoms with Crippen LogP contribution in [0.25, 0.3) is 0 Å². The van der Waals surface area contributed by atoms with Gasteiger partial charge in [-0.2, -0.15) is 0 Å². The van der Waals surface area contributed by atoms with Gasteiger partial charge in [0.15, 0.2) is 17.3 Å². The maximum Gasteiger partial charge on any atom is 0.200 e. The van der Waals surface area contributed by atoms with Crippen LogP contribution in [0.5, 0.6) is 17.2 Å². The second kappa shape index (κ2) is 3.83. The molecule has 0 radical (unpaired) electrons. The first-order valence-corrected chi connectivity index (χ1v) is 3.87. The van der Waals surface area contributed by atoms with Crippen molar-refractivity contribution in [3.8, 4) is 17.2 Å². The number of phenolic OH excluding ortho intramolecular Hbond substituents is 2. The number of carbonyl (C=O) groups is 1. The quantitative estimate of drug-likeness (QED) is 0.434. The van der Waals surface area contributed by atoms with Gasteiger partial charge in [0.2, 0.25) is 5.75 Å². The van der Waals surface area contributed by atoms with Gasteiger partial charge in [-0.15, -0.1) is 0 Å². The van der Waals surface area contributed by atoms with Crippen LogP contribution in [-0.2, 0) is 0 Å². The number of aromatic hydroxyl groups is 2. The predicted molar refractivity (Wildman–Crippen MR) is 50.9 cm³/mol. The van der Waals surface area contributed by atoms with Crippen molar-refractivity contribution in [2.75, 3.05) is 7.11 Å². The van der Waals surface area contributed by atoms with Crippen LogP contribution in [0.3, 0.4) is 0 Å². The Labute approximate surface area is 81.1 Å². The lowest BCUT2D eigenvalue weighted by molar-refractivity contribution is 0.104. The number of benzene rings is 1. The number of hydrogen-bond acceptors (Lipinski definition) is 4. The van der Waals surface area contributed by atoms with E-state index in [1.165, 1.54) is 13.2 Å². The van der Waals surface area contributed by atoms with E-state index in [0.717, 1.165) is 12.1 Å². The minimum Gasteiger partial charge on any atom is -0.504 e. The fraction of sp³-hybridized carbons (Fsp3) is 0.100. The summed E-state index contributed by atoms with van der Waals surface area (Å²) < 4.78 is 4.76. The van der Waals surface area contributed by atoms with Crippen LogP contribution >= 0.6 is 0 Å². The highest BCUT2D eigenvalue weighted by Crippen LogP contribution is 2.36. The van der Waals surface area contributed by atoms with Crippen LogP contribution in [0.2, 0.25) is 0 Å². The van der Waals surface area contributed by atoms with Gasteiger partial charge < -0.3 is 14.9 Å². The molecule has 0 aromatic heterocycles. The third-order valence-electron chi connectivity index (χ3n) is 1.74. The first-order valence-electron chi connectivity index (χ1n) is 3.87. The fourth-order valence-corrected chi connectivity index (χ4v) is 1.01. The molecule has 0 amide bonds. The van der Waals surface area contributed by atoms with Gasteiger partial charge in [0, 0.05) is 5.56 Å². The summed E-state index contributed by atoms with van der Waals surface area (Å²) in [7, 11) is 1.33. The first-order chi connectivity index (χ1) is 6.60. The molecule has 74 valence electrons. The molecule has 0 unspecified atom stereocenters. The number of rotatable bonds is 3. The van der Waals surface area contributed by atoms with Gasteiger partial charge in [-0.3, -0.25) is 4.79 Å². The number of phenols is 2. The minimum atomic E-state index is -0.394. The van der Waals surface area contributed by atoms with Gasteiger partial charge in [-0.1, -0.05) is 6.58 Å². The van der Waals surface area contributed by atoms with Crippen LogP contribution in [0.15, 0.2) is 24.8 Å². The highest BCUT2D eigenvalue weighted by molar-refractivity contribution is 6.04. The lowest BCUT2D eigenvalue weighted by atomic mass is 10.1. The summed E-state index contributed by atoms with van der Waals surface area (Å²) in [6, 6.07) is 2.49. The number of ether oxygens (including phenoxy) is 1. The lowest BCUT2D eigenvalue weighted by Gasteiger charge is -2.06. The molecule has 0 atom stereocenters. The molecule has 0 aliphatic carbocycles. The molecule has 2 N–H and O–H groups in total. The smallest absolute Gasteiger partial charge is 0.200 e. The maximum atomic E-state index is 11.2. The molecule has 0 saturated carbocycles. The van der Waals surface area contributed by atoms with Crippen LogP contribution in [0, 0.1) is 0 Å². The summed E-state index contributed by atoms with van der Waals surface area (Å²) in [5.74, 6) is -1.07. The topological polar surface area (TPSA) is 66.8 Å². The number of allylic oxidation sites excluding steroid dienone is 1. The first kappa shape index (κ1) is 10.1. The average Bonchev–Trinajstić information content (AvgIpc) is 2.20. The summed E-state index contributed by atoms with van der Waals surface area (Å²) >= 11 is 0. The van der Waals surface area contributed by atoms with Gasteiger partial charge in [-0.05, 0) is 18.2 Å². The maximum absolute atomic E-state index is 11.2. The zero-order valence-electron chi connectivity index (χ0n) is 7.65. The number of methoxy groups -OCH3 is 1. The molecule has 4 heteroatoms. The molecule has 0 saturated heterocycles. The molecule has 1 rings (SSSR count). The Balaban J connectivity index is 3.29. The highest BCUT2D eigenvalue weighted by atomic mass is 16.5. The summed E-state index contributed by atoms with van der Waals surface area (Å²) in [5.41, 5.74) is 0.215. The molecular weight excluding hydrogens is 184 g/mol. The second-order valence-corrected chi connectivity index (χ2v) is 2.61. The Bertz CT molecular complexity index is 382. The van der Waals surface area contributed by atoms with Crippen LogP contribution < -0.4 is 4.74 Å². The molecule has 1 aromatic rings. The van der Waals surface area contributed by atoms with E-state index in [0.29, 0.717) is 0 Å². The monoisotopic (exact) mass is 194 g/mol. The van der Waals surface area contributed by atoms with E-state index in [2.05, 4.69) is 6.58 Å². The van der Waals surface area contributed by atoms with Crippen LogP contribution in [0.4, 0.5) is 0 Å². The molecule has 0 aliphatic heterocycles.